The molecule has 1 aromatic rings. The second kappa shape index (κ2) is 5.59. The van der Waals surface area contributed by atoms with Gasteiger partial charge in [-0.1, -0.05) is 18.5 Å². The van der Waals surface area contributed by atoms with E-state index in [0.29, 0.717) is 30.2 Å². The summed E-state index contributed by atoms with van der Waals surface area (Å²) >= 11 is 6.26. The van der Waals surface area contributed by atoms with Crippen molar-refractivity contribution in [1.82, 2.24) is 19.6 Å². The number of aromatic nitrogens is 2. The predicted molar refractivity (Wildman–Crippen MR) is 79.7 cm³/mol. The molecule has 21 heavy (non-hydrogen) atoms. The van der Waals surface area contributed by atoms with E-state index >= 15 is 0 Å². The second-order valence-electron chi connectivity index (χ2n) is 5.76. The smallest absolute Gasteiger partial charge is 0.259 e. The van der Waals surface area contributed by atoms with Crippen molar-refractivity contribution in [2.45, 2.75) is 25.5 Å². The van der Waals surface area contributed by atoms with Gasteiger partial charge >= 0.3 is 0 Å². The van der Waals surface area contributed by atoms with Crippen molar-refractivity contribution in [3.05, 3.63) is 16.4 Å². The normalized spacial score (nSPS) is 26.2. The molecule has 2 saturated heterocycles. The summed E-state index contributed by atoms with van der Waals surface area (Å²) in [4.78, 5) is 16.9. The average molecular weight is 313 g/mol. The molecule has 0 radical (unpaired) electrons. The van der Waals surface area contributed by atoms with Gasteiger partial charge in [0.2, 0.25) is 0 Å². The number of hydrogen-bond acceptors (Lipinski definition) is 4. The number of likely N-dealkylation sites (tertiary alicyclic amines) is 1. The topological polar surface area (TPSA) is 50.6 Å². The fraction of sp³-hybridized carbons (Fsp3) is 0.714. The highest BCUT2D eigenvalue weighted by Crippen LogP contribution is 2.27. The maximum Gasteiger partial charge on any atom is 0.259 e. The quantitative estimate of drug-likeness (QED) is 0.810. The molecular formula is C14H21ClN4O2. The van der Waals surface area contributed by atoms with E-state index in [9.17, 15) is 4.79 Å². The lowest BCUT2D eigenvalue weighted by molar-refractivity contribution is -0.0368. The first-order valence-corrected chi connectivity index (χ1v) is 7.73. The Morgan fingerprint density at radius 3 is 2.86 bits per heavy atom. The Hall–Kier alpha value is -1.11. The summed E-state index contributed by atoms with van der Waals surface area (Å²) in [5.41, 5.74) is 1.31. The summed E-state index contributed by atoms with van der Waals surface area (Å²) in [5.74, 6) is -0.0312. The number of morpholine rings is 1. The second-order valence-corrected chi connectivity index (χ2v) is 6.12. The fourth-order valence-electron chi connectivity index (χ4n) is 3.20. The highest BCUT2D eigenvalue weighted by atomic mass is 35.5. The minimum absolute atomic E-state index is 0.0312. The summed E-state index contributed by atoms with van der Waals surface area (Å²) < 4.78 is 7.36. The van der Waals surface area contributed by atoms with Gasteiger partial charge in [0, 0.05) is 26.7 Å². The Morgan fingerprint density at radius 1 is 1.43 bits per heavy atom. The molecule has 0 bridgehead atoms. The van der Waals surface area contributed by atoms with Gasteiger partial charge in [0.1, 0.15) is 5.15 Å². The standard InChI is InChI=1S/C14H21ClN4O2/c1-4-9-12(13(15)18(3)16-9)14(20)19-7-10-11(8-19)21-6-5-17(10)2/h10-11H,4-8H2,1-3H3/t10-,11+/m0/s1. The van der Waals surface area contributed by atoms with Gasteiger partial charge in [0.05, 0.1) is 30.0 Å². The van der Waals surface area contributed by atoms with E-state index in [4.69, 9.17) is 16.3 Å². The van der Waals surface area contributed by atoms with Crippen LogP contribution in [0.4, 0.5) is 0 Å². The zero-order chi connectivity index (χ0) is 15.1. The Morgan fingerprint density at radius 2 is 2.19 bits per heavy atom. The molecule has 6 nitrogen and oxygen atoms in total. The Kier molecular flexibility index (Phi) is 3.94. The number of nitrogens with zero attached hydrogens (tertiary/aromatic N) is 4. The number of fused-ring (bicyclic) bond motifs is 1. The molecule has 2 fully saturated rings. The SMILES string of the molecule is CCc1nn(C)c(Cl)c1C(=O)N1C[C@H]2OCCN(C)[C@H]2C1. The number of carbonyl (C=O) groups is 1. The van der Waals surface area contributed by atoms with Crippen molar-refractivity contribution in [2.24, 2.45) is 7.05 Å². The third-order valence-corrected chi connectivity index (χ3v) is 4.90. The van der Waals surface area contributed by atoms with E-state index in [-0.39, 0.29) is 18.1 Å². The Labute approximate surface area is 129 Å². The van der Waals surface area contributed by atoms with Crippen LogP contribution in [0, 0.1) is 0 Å². The highest BCUT2D eigenvalue weighted by Gasteiger charge is 2.41. The number of likely N-dealkylation sites (N-methyl/N-ethyl adjacent to an activating group) is 1. The first-order chi connectivity index (χ1) is 10.0. The summed E-state index contributed by atoms with van der Waals surface area (Å²) in [6, 6.07) is 0.281. The highest BCUT2D eigenvalue weighted by molar-refractivity contribution is 6.33. The predicted octanol–water partition coefficient (Wildman–Crippen LogP) is 0.791. The Bertz CT molecular complexity index is 559. The number of rotatable bonds is 2. The lowest BCUT2D eigenvalue weighted by atomic mass is 10.1. The van der Waals surface area contributed by atoms with Crippen molar-refractivity contribution >= 4 is 17.5 Å². The van der Waals surface area contributed by atoms with E-state index in [1.807, 2.05) is 11.8 Å². The number of amides is 1. The van der Waals surface area contributed by atoms with Gasteiger partial charge in [-0.25, -0.2) is 0 Å². The van der Waals surface area contributed by atoms with Gasteiger partial charge in [0.25, 0.3) is 5.91 Å². The van der Waals surface area contributed by atoms with Crippen LogP contribution in [0.15, 0.2) is 0 Å². The van der Waals surface area contributed by atoms with Crippen LogP contribution in [0.2, 0.25) is 5.15 Å². The van der Waals surface area contributed by atoms with Crippen LogP contribution in [0.25, 0.3) is 0 Å². The van der Waals surface area contributed by atoms with Crippen LogP contribution in [-0.4, -0.2) is 70.9 Å². The molecule has 2 aliphatic heterocycles. The van der Waals surface area contributed by atoms with Gasteiger partial charge in [0.15, 0.2) is 0 Å². The monoisotopic (exact) mass is 312 g/mol. The fourth-order valence-corrected chi connectivity index (χ4v) is 3.42. The van der Waals surface area contributed by atoms with Crippen LogP contribution in [-0.2, 0) is 18.2 Å². The zero-order valence-corrected chi connectivity index (χ0v) is 13.4. The van der Waals surface area contributed by atoms with Gasteiger partial charge in [-0.2, -0.15) is 5.10 Å². The van der Waals surface area contributed by atoms with Crippen LogP contribution >= 0.6 is 11.6 Å². The minimum atomic E-state index is -0.0312. The molecule has 116 valence electrons. The maximum absolute atomic E-state index is 12.8. The van der Waals surface area contributed by atoms with E-state index in [2.05, 4.69) is 17.0 Å². The summed E-state index contributed by atoms with van der Waals surface area (Å²) in [5, 5.41) is 4.74. The van der Waals surface area contributed by atoms with Crippen LogP contribution in [0.5, 0.6) is 0 Å². The summed E-state index contributed by atoms with van der Waals surface area (Å²) in [7, 11) is 3.85. The number of carbonyl (C=O) groups excluding carboxylic acids is 1. The molecule has 0 aromatic carbocycles. The number of hydrogen-bond donors (Lipinski definition) is 0. The Balaban J connectivity index is 1.84. The molecule has 0 saturated carbocycles. The maximum atomic E-state index is 12.8. The van der Waals surface area contributed by atoms with Crippen molar-refractivity contribution in [3.8, 4) is 0 Å². The zero-order valence-electron chi connectivity index (χ0n) is 12.7. The lowest BCUT2D eigenvalue weighted by Gasteiger charge is -2.33. The van der Waals surface area contributed by atoms with Crippen LogP contribution in [0.1, 0.15) is 23.0 Å². The molecule has 7 heteroatoms. The number of aryl methyl sites for hydroxylation is 2. The molecule has 0 unspecified atom stereocenters. The molecule has 3 heterocycles. The third-order valence-electron chi connectivity index (χ3n) is 4.46. The molecule has 2 atom stereocenters. The van der Waals surface area contributed by atoms with E-state index < -0.39 is 0 Å². The third kappa shape index (κ3) is 2.45. The minimum Gasteiger partial charge on any atom is -0.373 e. The largest absolute Gasteiger partial charge is 0.373 e. The van der Waals surface area contributed by atoms with Crippen molar-refractivity contribution in [1.29, 1.82) is 0 Å². The molecule has 2 aliphatic rings. The molecule has 1 amide bonds. The molecule has 3 rings (SSSR count). The van der Waals surface area contributed by atoms with E-state index in [0.717, 1.165) is 18.8 Å². The van der Waals surface area contributed by atoms with Gasteiger partial charge < -0.3 is 9.64 Å². The van der Waals surface area contributed by atoms with Gasteiger partial charge in [-0.05, 0) is 13.5 Å². The summed E-state index contributed by atoms with van der Waals surface area (Å²) in [6.45, 7) is 4.94. The summed E-state index contributed by atoms with van der Waals surface area (Å²) in [6.07, 6.45) is 0.798. The molecule has 0 spiro atoms. The molecule has 1 aromatic heterocycles. The first-order valence-electron chi connectivity index (χ1n) is 7.35. The number of halogens is 1. The molecule has 0 aliphatic carbocycles. The molecular weight excluding hydrogens is 292 g/mol. The number of ether oxygens (including phenoxy) is 1. The average Bonchev–Trinajstić information content (AvgIpc) is 3.02. The molecule has 0 N–H and O–H groups in total. The van der Waals surface area contributed by atoms with E-state index in [1.165, 1.54) is 0 Å². The lowest BCUT2D eigenvalue weighted by Crippen LogP contribution is -2.48. The van der Waals surface area contributed by atoms with Crippen LogP contribution in [0.3, 0.4) is 0 Å². The van der Waals surface area contributed by atoms with Crippen molar-refractivity contribution in [2.75, 3.05) is 33.3 Å². The van der Waals surface area contributed by atoms with Crippen LogP contribution < -0.4 is 0 Å². The van der Waals surface area contributed by atoms with Crippen molar-refractivity contribution in [3.63, 3.8) is 0 Å². The van der Waals surface area contributed by atoms with Crippen molar-refractivity contribution < 1.29 is 9.53 Å². The first kappa shape index (κ1) is 14.8. The van der Waals surface area contributed by atoms with Gasteiger partial charge in [-0.3, -0.25) is 14.4 Å². The van der Waals surface area contributed by atoms with E-state index in [1.54, 1.807) is 11.7 Å². The van der Waals surface area contributed by atoms with Gasteiger partial charge in [-0.15, -0.1) is 0 Å².